The lowest BCUT2D eigenvalue weighted by molar-refractivity contribution is -0.137. The first-order chi connectivity index (χ1) is 8.68. The van der Waals surface area contributed by atoms with Gasteiger partial charge in [0.25, 0.3) is 0 Å². The van der Waals surface area contributed by atoms with E-state index in [4.69, 9.17) is 0 Å². The number of nitrogens with zero attached hydrogens (tertiary/aromatic N) is 1. The Kier molecular flexibility index (Phi) is 5.43. The molecule has 1 N–H and O–H groups in total. The van der Waals surface area contributed by atoms with Crippen LogP contribution in [0.3, 0.4) is 0 Å². The zero-order valence-electron chi connectivity index (χ0n) is 13.7. The fourth-order valence-electron chi connectivity index (χ4n) is 3.08. The van der Waals surface area contributed by atoms with Crippen LogP contribution < -0.4 is 5.32 Å². The van der Waals surface area contributed by atoms with Crippen molar-refractivity contribution in [1.29, 1.82) is 0 Å². The van der Waals surface area contributed by atoms with E-state index in [1.54, 1.807) is 0 Å². The first-order valence-corrected chi connectivity index (χ1v) is 7.73. The van der Waals surface area contributed by atoms with Crippen LogP contribution in [-0.4, -0.2) is 36.0 Å². The van der Waals surface area contributed by atoms with Crippen LogP contribution >= 0.6 is 0 Å². The first-order valence-electron chi connectivity index (χ1n) is 7.73. The van der Waals surface area contributed by atoms with Gasteiger partial charge in [-0.1, -0.05) is 27.7 Å². The molecule has 0 aromatic rings. The quantitative estimate of drug-likeness (QED) is 0.853. The molecule has 0 aromatic carbocycles. The van der Waals surface area contributed by atoms with E-state index < -0.39 is 5.54 Å². The number of hydrogen-bond acceptors (Lipinski definition) is 2. The van der Waals surface area contributed by atoms with Crippen molar-refractivity contribution in [3.8, 4) is 0 Å². The molecule has 0 aromatic heterocycles. The third kappa shape index (κ3) is 4.48. The van der Waals surface area contributed by atoms with Gasteiger partial charge in [0, 0.05) is 13.1 Å². The Labute approximate surface area is 119 Å². The predicted molar refractivity (Wildman–Crippen MR) is 81.1 cm³/mol. The summed E-state index contributed by atoms with van der Waals surface area (Å²) in [6, 6.07) is 0. The molecule has 1 atom stereocenters. The summed E-state index contributed by atoms with van der Waals surface area (Å²) in [6.07, 6.45) is 3.52. The lowest BCUT2D eigenvalue weighted by Gasteiger charge is -2.33. The number of nitrogens with one attached hydrogen (secondary N) is 1. The second kappa shape index (κ2) is 6.25. The lowest BCUT2D eigenvalue weighted by Crippen LogP contribution is -2.54. The molecule has 1 aliphatic rings. The fraction of sp³-hybridized carbons (Fsp3) is 0.938. The molecule has 0 radical (unpaired) electrons. The van der Waals surface area contributed by atoms with Crippen LogP contribution in [0.25, 0.3) is 0 Å². The topological polar surface area (TPSA) is 32.3 Å². The molecule has 0 spiro atoms. The highest BCUT2D eigenvalue weighted by atomic mass is 16.2. The summed E-state index contributed by atoms with van der Waals surface area (Å²) in [6.45, 7) is 15.6. The molecule has 1 aliphatic heterocycles. The molecular formula is C16H32N2O. The number of rotatable bonds is 3. The van der Waals surface area contributed by atoms with Gasteiger partial charge in [0.2, 0.25) is 5.91 Å². The van der Waals surface area contributed by atoms with Crippen LogP contribution in [0.4, 0.5) is 0 Å². The maximum atomic E-state index is 12.6. The van der Waals surface area contributed by atoms with Crippen LogP contribution in [0.2, 0.25) is 0 Å². The molecule has 19 heavy (non-hydrogen) atoms. The molecule has 1 saturated heterocycles. The van der Waals surface area contributed by atoms with Gasteiger partial charge in [-0.2, -0.15) is 0 Å². The van der Waals surface area contributed by atoms with Gasteiger partial charge < -0.3 is 10.2 Å². The van der Waals surface area contributed by atoms with Gasteiger partial charge in [0.15, 0.2) is 0 Å². The Balaban J connectivity index is 2.65. The van der Waals surface area contributed by atoms with Gasteiger partial charge >= 0.3 is 0 Å². The first kappa shape index (κ1) is 16.5. The largest absolute Gasteiger partial charge is 0.341 e. The molecule has 0 saturated carbocycles. The third-order valence-electron chi connectivity index (χ3n) is 4.39. The highest BCUT2D eigenvalue weighted by molar-refractivity contribution is 5.85. The van der Waals surface area contributed by atoms with E-state index in [1.807, 2.05) is 20.8 Å². The molecule has 0 aliphatic carbocycles. The molecule has 1 heterocycles. The third-order valence-corrected chi connectivity index (χ3v) is 4.39. The number of carbonyl (C=O) groups excluding carboxylic acids is 1. The van der Waals surface area contributed by atoms with Crippen molar-refractivity contribution in [2.24, 2.45) is 11.3 Å². The lowest BCUT2D eigenvalue weighted by atomic mass is 9.77. The molecular weight excluding hydrogens is 236 g/mol. The zero-order valence-corrected chi connectivity index (χ0v) is 13.7. The van der Waals surface area contributed by atoms with Crippen molar-refractivity contribution in [3.63, 3.8) is 0 Å². The summed E-state index contributed by atoms with van der Waals surface area (Å²) >= 11 is 0. The van der Waals surface area contributed by atoms with Crippen LogP contribution in [0.5, 0.6) is 0 Å². The maximum Gasteiger partial charge on any atom is 0.242 e. The summed E-state index contributed by atoms with van der Waals surface area (Å²) in [5, 5.41) is 3.29. The van der Waals surface area contributed by atoms with Gasteiger partial charge in [-0.05, 0) is 51.0 Å². The molecule has 1 unspecified atom stereocenters. The van der Waals surface area contributed by atoms with Crippen molar-refractivity contribution < 1.29 is 4.79 Å². The maximum absolute atomic E-state index is 12.6. The molecule has 0 bridgehead atoms. The standard InChI is InChI=1S/C16H32N2O/c1-7-17-16(5,6)14(19)18-11-8-9-13(10-12-18)15(2,3)4/h13,17H,7-12H2,1-6H3. The van der Waals surface area contributed by atoms with Crippen molar-refractivity contribution in [2.45, 2.75) is 66.3 Å². The van der Waals surface area contributed by atoms with Gasteiger partial charge in [0.1, 0.15) is 0 Å². The predicted octanol–water partition coefficient (Wildman–Crippen LogP) is 3.05. The number of amides is 1. The monoisotopic (exact) mass is 268 g/mol. The minimum absolute atomic E-state index is 0.254. The highest BCUT2D eigenvalue weighted by Gasteiger charge is 2.34. The van der Waals surface area contributed by atoms with Crippen LogP contribution in [0.1, 0.15) is 60.8 Å². The highest BCUT2D eigenvalue weighted by Crippen LogP contribution is 2.34. The number of hydrogen-bond donors (Lipinski definition) is 1. The molecule has 3 nitrogen and oxygen atoms in total. The van der Waals surface area contributed by atoms with E-state index in [-0.39, 0.29) is 5.91 Å². The average Bonchev–Trinajstić information content (AvgIpc) is 2.52. The average molecular weight is 268 g/mol. The van der Waals surface area contributed by atoms with Crippen LogP contribution in [-0.2, 0) is 4.79 Å². The molecule has 1 rings (SSSR count). The Morgan fingerprint density at radius 1 is 1.16 bits per heavy atom. The van der Waals surface area contributed by atoms with Gasteiger partial charge in [-0.15, -0.1) is 0 Å². The van der Waals surface area contributed by atoms with E-state index in [0.717, 1.165) is 38.4 Å². The Bertz CT molecular complexity index is 304. The number of likely N-dealkylation sites (tertiary alicyclic amines) is 1. The van der Waals surface area contributed by atoms with E-state index in [2.05, 4.69) is 31.0 Å². The summed E-state index contributed by atoms with van der Waals surface area (Å²) in [7, 11) is 0. The summed E-state index contributed by atoms with van der Waals surface area (Å²) in [5.74, 6) is 0.983. The minimum Gasteiger partial charge on any atom is -0.341 e. The van der Waals surface area contributed by atoms with Crippen LogP contribution in [0, 0.1) is 11.3 Å². The summed E-state index contributed by atoms with van der Waals surface area (Å²) in [5.41, 5.74) is -0.0768. The van der Waals surface area contributed by atoms with Crippen molar-refractivity contribution in [1.82, 2.24) is 10.2 Å². The SMILES string of the molecule is CCNC(C)(C)C(=O)N1CCCC(C(C)(C)C)CC1. The van der Waals surface area contributed by atoms with E-state index in [1.165, 1.54) is 6.42 Å². The van der Waals surface area contributed by atoms with Crippen LogP contribution in [0.15, 0.2) is 0 Å². The zero-order chi connectivity index (χ0) is 14.7. The summed E-state index contributed by atoms with van der Waals surface area (Å²) < 4.78 is 0. The second-order valence-corrected chi connectivity index (χ2v) is 7.44. The smallest absolute Gasteiger partial charge is 0.242 e. The van der Waals surface area contributed by atoms with Gasteiger partial charge in [-0.25, -0.2) is 0 Å². The molecule has 112 valence electrons. The summed E-state index contributed by atoms with van der Waals surface area (Å²) in [4.78, 5) is 14.6. The fourth-order valence-corrected chi connectivity index (χ4v) is 3.08. The minimum atomic E-state index is -0.434. The van der Waals surface area contributed by atoms with Crippen molar-refractivity contribution >= 4 is 5.91 Å². The molecule has 1 amide bonds. The van der Waals surface area contributed by atoms with E-state index in [9.17, 15) is 4.79 Å². The van der Waals surface area contributed by atoms with Gasteiger partial charge in [-0.3, -0.25) is 4.79 Å². The van der Waals surface area contributed by atoms with E-state index in [0.29, 0.717) is 5.41 Å². The van der Waals surface area contributed by atoms with E-state index >= 15 is 0 Å². The van der Waals surface area contributed by atoms with Crippen molar-refractivity contribution in [2.75, 3.05) is 19.6 Å². The normalized spacial score (nSPS) is 22.2. The molecule has 1 fully saturated rings. The Morgan fingerprint density at radius 2 is 1.79 bits per heavy atom. The van der Waals surface area contributed by atoms with Crippen molar-refractivity contribution in [3.05, 3.63) is 0 Å². The second-order valence-electron chi connectivity index (χ2n) is 7.44. The Morgan fingerprint density at radius 3 is 2.32 bits per heavy atom. The number of likely N-dealkylation sites (N-methyl/N-ethyl adjacent to an activating group) is 1. The van der Waals surface area contributed by atoms with Gasteiger partial charge in [0.05, 0.1) is 5.54 Å². The Hall–Kier alpha value is -0.570. The molecule has 3 heteroatoms. The number of carbonyl (C=O) groups is 1.